The summed E-state index contributed by atoms with van der Waals surface area (Å²) in [5, 5.41) is 8.32. The van der Waals surface area contributed by atoms with Crippen LogP contribution in [0.1, 0.15) is 25.7 Å². The number of aliphatic carboxylic acids is 1. The number of hydrogen-bond acceptors (Lipinski definition) is 5. The molecule has 1 aliphatic heterocycles. The molecule has 0 aromatic heterocycles. The van der Waals surface area contributed by atoms with Crippen LogP contribution in [0.3, 0.4) is 0 Å². The molecule has 1 rings (SSSR count). The molecule has 0 aromatic carbocycles. The van der Waals surface area contributed by atoms with Gasteiger partial charge in [-0.2, -0.15) is 4.89 Å². The molecule has 1 fully saturated rings. The van der Waals surface area contributed by atoms with Gasteiger partial charge in [-0.3, -0.25) is 9.59 Å². The molecular weight excluding hydrogens is 192 g/mol. The first kappa shape index (κ1) is 10.9. The highest BCUT2D eigenvalue weighted by atomic mass is 17.3. The van der Waals surface area contributed by atoms with E-state index in [0.29, 0.717) is 12.8 Å². The number of unbranched alkanes of at least 4 members (excludes halogenated alkanes) is 1. The third kappa shape index (κ3) is 4.20. The van der Waals surface area contributed by atoms with E-state index in [1.807, 2.05) is 0 Å². The zero-order valence-electron chi connectivity index (χ0n) is 7.60. The molecule has 0 bridgehead atoms. The number of carboxylic acids is 1. The number of hydrogen-bond donors (Lipinski definition) is 1. The Morgan fingerprint density at radius 1 is 1.36 bits per heavy atom. The summed E-state index contributed by atoms with van der Waals surface area (Å²) in [5.74, 6) is -1.24. The van der Waals surface area contributed by atoms with Crippen molar-refractivity contribution < 1.29 is 29.2 Å². The first-order valence-electron chi connectivity index (χ1n) is 4.38. The van der Waals surface area contributed by atoms with Gasteiger partial charge in [0, 0.05) is 12.8 Å². The average Bonchev–Trinajstić information content (AvgIpc) is 2.05. The van der Waals surface area contributed by atoms with E-state index in [2.05, 4.69) is 9.78 Å². The maximum absolute atomic E-state index is 11.0. The van der Waals surface area contributed by atoms with E-state index in [1.54, 1.807) is 0 Å². The Bertz CT molecular complexity index is 210. The van der Waals surface area contributed by atoms with Crippen molar-refractivity contribution in [1.29, 1.82) is 0 Å². The molecule has 6 heteroatoms. The molecular formula is C8H12O6. The highest BCUT2D eigenvalue weighted by Crippen LogP contribution is 2.10. The summed E-state index contributed by atoms with van der Waals surface area (Å²) in [5.41, 5.74) is 0. The lowest BCUT2D eigenvalue weighted by Gasteiger charge is -2.23. The fraction of sp³-hybridized carbons (Fsp3) is 0.750. The molecule has 0 amide bonds. The minimum Gasteiger partial charge on any atom is -0.481 e. The second-order valence-corrected chi connectivity index (χ2v) is 2.90. The van der Waals surface area contributed by atoms with Crippen LogP contribution in [0.15, 0.2) is 0 Å². The van der Waals surface area contributed by atoms with E-state index in [0.717, 1.165) is 0 Å². The van der Waals surface area contributed by atoms with Gasteiger partial charge in [0.2, 0.25) is 0 Å². The third-order valence-electron chi connectivity index (χ3n) is 1.66. The van der Waals surface area contributed by atoms with Crippen LogP contribution in [0.4, 0.5) is 0 Å². The van der Waals surface area contributed by atoms with E-state index >= 15 is 0 Å². The number of rotatable bonds is 6. The molecule has 14 heavy (non-hydrogen) atoms. The van der Waals surface area contributed by atoms with E-state index in [4.69, 9.17) is 9.84 Å². The van der Waals surface area contributed by atoms with Gasteiger partial charge in [-0.05, 0) is 12.8 Å². The minimum atomic E-state index is -0.853. The Hall–Kier alpha value is -1.14. The van der Waals surface area contributed by atoms with Crippen molar-refractivity contribution >= 4 is 11.9 Å². The van der Waals surface area contributed by atoms with E-state index in [-0.39, 0.29) is 25.4 Å². The van der Waals surface area contributed by atoms with Crippen LogP contribution in [-0.4, -0.2) is 29.9 Å². The Labute approximate surface area is 80.7 Å². The third-order valence-corrected chi connectivity index (χ3v) is 1.66. The fourth-order valence-corrected chi connectivity index (χ4v) is 0.928. The van der Waals surface area contributed by atoms with Gasteiger partial charge in [-0.25, -0.2) is 4.89 Å². The second kappa shape index (κ2) is 5.56. The van der Waals surface area contributed by atoms with Gasteiger partial charge in [0.25, 0.3) is 6.29 Å². The van der Waals surface area contributed by atoms with Gasteiger partial charge >= 0.3 is 11.9 Å². The standard InChI is InChI=1S/C8H12O6/c9-6(10)3-1-2-4-7(11)13-8-5-12-14-8/h8H,1-5H2,(H,9,10). The average molecular weight is 204 g/mol. The Morgan fingerprint density at radius 2 is 2.00 bits per heavy atom. The molecule has 0 aromatic rings. The van der Waals surface area contributed by atoms with Gasteiger partial charge in [0.05, 0.1) is 0 Å². The molecule has 0 aliphatic carbocycles. The zero-order valence-corrected chi connectivity index (χ0v) is 7.60. The van der Waals surface area contributed by atoms with Crippen LogP contribution in [0, 0.1) is 0 Å². The number of esters is 1. The SMILES string of the molecule is O=C(O)CCCCC(=O)OC1COO1. The van der Waals surface area contributed by atoms with Crippen LogP contribution in [0.2, 0.25) is 0 Å². The highest BCUT2D eigenvalue weighted by molar-refractivity contribution is 5.69. The van der Waals surface area contributed by atoms with E-state index < -0.39 is 12.3 Å². The molecule has 1 unspecified atom stereocenters. The summed E-state index contributed by atoms with van der Waals surface area (Å²) in [4.78, 5) is 29.9. The Balaban J connectivity index is 1.94. The Kier molecular flexibility index (Phi) is 4.34. The van der Waals surface area contributed by atoms with E-state index in [9.17, 15) is 9.59 Å². The number of carbonyl (C=O) groups is 2. The summed E-state index contributed by atoms with van der Waals surface area (Å²) in [7, 11) is 0. The lowest BCUT2D eigenvalue weighted by molar-refractivity contribution is -0.473. The zero-order chi connectivity index (χ0) is 10.4. The molecule has 0 saturated carbocycles. The molecule has 1 aliphatic rings. The van der Waals surface area contributed by atoms with Gasteiger partial charge in [-0.1, -0.05) is 0 Å². The molecule has 0 spiro atoms. The molecule has 1 saturated heterocycles. The summed E-state index contributed by atoms with van der Waals surface area (Å²) >= 11 is 0. The lowest BCUT2D eigenvalue weighted by Crippen LogP contribution is -2.35. The van der Waals surface area contributed by atoms with Crippen molar-refractivity contribution in [3.05, 3.63) is 0 Å². The predicted molar refractivity (Wildman–Crippen MR) is 43.0 cm³/mol. The second-order valence-electron chi connectivity index (χ2n) is 2.90. The predicted octanol–water partition coefficient (Wildman–Crippen LogP) is 0.462. The maximum atomic E-state index is 11.0. The van der Waals surface area contributed by atoms with Gasteiger partial charge < -0.3 is 9.84 Å². The summed E-state index contributed by atoms with van der Waals surface area (Å²) in [6, 6.07) is 0. The topological polar surface area (TPSA) is 82.1 Å². The van der Waals surface area contributed by atoms with Crippen molar-refractivity contribution in [3.8, 4) is 0 Å². The summed E-state index contributed by atoms with van der Waals surface area (Å²) in [6.07, 6.45) is 0.705. The summed E-state index contributed by atoms with van der Waals surface area (Å²) in [6.45, 7) is 0.265. The molecule has 1 N–H and O–H groups in total. The van der Waals surface area contributed by atoms with Crippen molar-refractivity contribution in [2.75, 3.05) is 6.61 Å². The van der Waals surface area contributed by atoms with Crippen molar-refractivity contribution in [3.63, 3.8) is 0 Å². The fourth-order valence-electron chi connectivity index (χ4n) is 0.928. The maximum Gasteiger partial charge on any atom is 0.308 e. The molecule has 1 atom stereocenters. The monoisotopic (exact) mass is 204 g/mol. The van der Waals surface area contributed by atoms with Gasteiger partial charge in [0.1, 0.15) is 6.61 Å². The van der Waals surface area contributed by atoms with Crippen LogP contribution >= 0.6 is 0 Å². The van der Waals surface area contributed by atoms with Crippen molar-refractivity contribution in [2.45, 2.75) is 32.0 Å². The smallest absolute Gasteiger partial charge is 0.308 e. The minimum absolute atomic E-state index is 0.0797. The first-order chi connectivity index (χ1) is 6.68. The van der Waals surface area contributed by atoms with Crippen LogP contribution in [-0.2, 0) is 24.1 Å². The Morgan fingerprint density at radius 3 is 2.50 bits per heavy atom. The molecule has 6 nitrogen and oxygen atoms in total. The normalized spacial score (nSPS) is 19.9. The number of carboxylic acid groups (broad SMARTS) is 1. The quantitative estimate of drug-likeness (QED) is 0.384. The van der Waals surface area contributed by atoms with Crippen LogP contribution in [0.25, 0.3) is 0 Å². The van der Waals surface area contributed by atoms with Gasteiger partial charge in [0.15, 0.2) is 0 Å². The van der Waals surface area contributed by atoms with Gasteiger partial charge in [-0.15, -0.1) is 0 Å². The van der Waals surface area contributed by atoms with Crippen LogP contribution < -0.4 is 0 Å². The molecule has 1 heterocycles. The largest absolute Gasteiger partial charge is 0.481 e. The van der Waals surface area contributed by atoms with Crippen molar-refractivity contribution in [1.82, 2.24) is 0 Å². The summed E-state index contributed by atoms with van der Waals surface area (Å²) < 4.78 is 4.76. The number of carbonyl (C=O) groups excluding carboxylic acids is 1. The van der Waals surface area contributed by atoms with Crippen molar-refractivity contribution in [2.24, 2.45) is 0 Å². The first-order valence-corrected chi connectivity index (χ1v) is 4.38. The molecule has 0 radical (unpaired) electrons. The number of ether oxygens (including phenoxy) is 1. The lowest BCUT2D eigenvalue weighted by atomic mass is 10.2. The van der Waals surface area contributed by atoms with Crippen LogP contribution in [0.5, 0.6) is 0 Å². The van der Waals surface area contributed by atoms with E-state index in [1.165, 1.54) is 0 Å². The highest BCUT2D eigenvalue weighted by Gasteiger charge is 2.24. The molecule has 80 valence electrons.